The van der Waals surface area contributed by atoms with Crippen LogP contribution in [0.1, 0.15) is 11.1 Å². The van der Waals surface area contributed by atoms with Crippen LogP contribution in [0.4, 0.5) is 0 Å². The molecule has 2 nitrogen and oxygen atoms in total. The molecule has 2 rings (SSSR count). The molecule has 0 N–H and O–H groups in total. The van der Waals surface area contributed by atoms with Crippen LogP contribution >= 0.6 is 0 Å². The Morgan fingerprint density at radius 3 is 2.62 bits per heavy atom. The van der Waals surface area contributed by atoms with Crippen molar-refractivity contribution in [3.63, 3.8) is 0 Å². The van der Waals surface area contributed by atoms with Crippen LogP contribution in [-0.4, -0.2) is 11.7 Å². The third kappa shape index (κ3) is 1.13. The van der Waals surface area contributed by atoms with E-state index in [1.807, 2.05) is 12.1 Å². The fourth-order valence-corrected chi connectivity index (χ4v) is 1.36. The summed E-state index contributed by atoms with van der Waals surface area (Å²) in [5, 5.41) is 0. The van der Waals surface area contributed by atoms with Gasteiger partial charge in [0.2, 0.25) is 0 Å². The van der Waals surface area contributed by atoms with Crippen molar-refractivity contribution in [3.05, 3.63) is 41.5 Å². The Kier molecular flexibility index (Phi) is 1.69. The van der Waals surface area contributed by atoms with Crippen LogP contribution in [-0.2, 0) is 9.59 Å². The van der Waals surface area contributed by atoms with Gasteiger partial charge < -0.3 is 0 Å². The van der Waals surface area contributed by atoms with Crippen LogP contribution in [0.2, 0.25) is 0 Å². The van der Waals surface area contributed by atoms with E-state index in [0.717, 1.165) is 5.56 Å². The second kappa shape index (κ2) is 2.85. The number of benzene rings is 1. The van der Waals surface area contributed by atoms with Gasteiger partial charge in [-0.25, -0.2) is 4.79 Å². The summed E-state index contributed by atoms with van der Waals surface area (Å²) in [4.78, 5) is 21.7. The molecule has 2 heteroatoms. The summed E-state index contributed by atoms with van der Waals surface area (Å²) in [6.07, 6.45) is 3.10. The van der Waals surface area contributed by atoms with Gasteiger partial charge >= 0.3 is 0 Å². The van der Waals surface area contributed by atoms with E-state index >= 15 is 0 Å². The van der Waals surface area contributed by atoms with Crippen molar-refractivity contribution in [2.45, 2.75) is 0 Å². The van der Waals surface area contributed by atoms with Crippen LogP contribution in [0, 0.1) is 0 Å². The van der Waals surface area contributed by atoms with Crippen molar-refractivity contribution in [1.82, 2.24) is 0 Å². The van der Waals surface area contributed by atoms with Gasteiger partial charge in [-0.05, 0) is 11.6 Å². The zero-order chi connectivity index (χ0) is 9.26. The van der Waals surface area contributed by atoms with Crippen molar-refractivity contribution in [3.8, 4) is 0 Å². The zero-order valence-electron chi connectivity index (χ0n) is 6.78. The van der Waals surface area contributed by atoms with E-state index in [1.54, 1.807) is 24.2 Å². The average Bonchev–Trinajstić information content (AvgIpc) is 2.18. The van der Waals surface area contributed by atoms with Crippen LogP contribution in [0.15, 0.2) is 30.3 Å². The first-order chi connectivity index (χ1) is 6.33. The molecular weight excluding hydrogens is 164 g/mol. The highest BCUT2D eigenvalue weighted by Crippen LogP contribution is 2.23. The molecule has 0 amide bonds. The molecule has 62 valence electrons. The van der Waals surface area contributed by atoms with E-state index in [4.69, 9.17) is 0 Å². The quantitative estimate of drug-likeness (QED) is 0.436. The van der Waals surface area contributed by atoms with Gasteiger partial charge in [0, 0.05) is 5.56 Å². The van der Waals surface area contributed by atoms with Crippen LogP contribution < -0.4 is 0 Å². The van der Waals surface area contributed by atoms with E-state index < -0.39 is 0 Å². The van der Waals surface area contributed by atoms with Gasteiger partial charge in [0.25, 0.3) is 0 Å². The summed E-state index contributed by atoms with van der Waals surface area (Å²) >= 11 is 0. The Morgan fingerprint density at radius 1 is 1.08 bits per heavy atom. The highest BCUT2D eigenvalue weighted by Gasteiger charge is 2.16. The van der Waals surface area contributed by atoms with Crippen LogP contribution in [0.25, 0.3) is 11.6 Å². The summed E-state index contributed by atoms with van der Waals surface area (Å²) in [5.74, 6) is 1.41. The van der Waals surface area contributed by atoms with Crippen molar-refractivity contribution in [2.75, 3.05) is 0 Å². The standard InChI is InChI=1S/C11H6O2/c12-7-10-9-4-2-1-3-8(9)5-6-11(10)13/h1-6H. The second-order valence-electron chi connectivity index (χ2n) is 2.76. The summed E-state index contributed by atoms with van der Waals surface area (Å²) in [5.41, 5.74) is 1.68. The number of carbonyl (C=O) groups excluding carboxylic acids is 2. The molecule has 0 bridgehead atoms. The van der Waals surface area contributed by atoms with E-state index in [2.05, 4.69) is 0 Å². The Hall–Kier alpha value is -1.92. The zero-order valence-corrected chi connectivity index (χ0v) is 6.78. The molecule has 0 fully saturated rings. The smallest absolute Gasteiger partial charge is 0.197 e. The molecule has 1 aromatic carbocycles. The second-order valence-corrected chi connectivity index (χ2v) is 2.76. The summed E-state index contributed by atoms with van der Waals surface area (Å²) < 4.78 is 0. The molecule has 1 aliphatic carbocycles. The highest BCUT2D eigenvalue weighted by atomic mass is 16.1. The predicted octanol–water partition coefficient (Wildman–Crippen LogP) is 1.50. The van der Waals surface area contributed by atoms with E-state index in [0.29, 0.717) is 5.56 Å². The molecule has 0 spiro atoms. The molecule has 0 saturated heterocycles. The summed E-state index contributed by atoms with van der Waals surface area (Å²) in [6, 6.07) is 7.26. The first kappa shape index (κ1) is 7.71. The molecule has 0 radical (unpaired) electrons. The first-order valence-corrected chi connectivity index (χ1v) is 3.90. The fourth-order valence-electron chi connectivity index (χ4n) is 1.36. The third-order valence-electron chi connectivity index (χ3n) is 1.99. The fraction of sp³-hybridized carbons (Fsp3) is 0. The number of fused-ring (bicyclic) bond motifs is 1. The maximum atomic E-state index is 11.2. The molecule has 0 heterocycles. The van der Waals surface area contributed by atoms with Gasteiger partial charge in [-0.15, -0.1) is 0 Å². The molecule has 1 aliphatic rings. The summed E-state index contributed by atoms with van der Waals surface area (Å²) in [6.45, 7) is 0. The van der Waals surface area contributed by atoms with Crippen molar-refractivity contribution < 1.29 is 9.59 Å². The van der Waals surface area contributed by atoms with Gasteiger partial charge in [-0.2, -0.15) is 0 Å². The monoisotopic (exact) mass is 170 g/mol. The minimum Gasteiger partial charge on any atom is -0.288 e. The maximum Gasteiger partial charge on any atom is 0.197 e. The van der Waals surface area contributed by atoms with E-state index in [1.165, 1.54) is 6.08 Å². The SMILES string of the molecule is O=C=C1C(=O)C=Cc2ccccc21. The molecule has 13 heavy (non-hydrogen) atoms. The number of hydrogen-bond donors (Lipinski definition) is 0. The van der Waals surface area contributed by atoms with Crippen LogP contribution in [0.3, 0.4) is 0 Å². The number of allylic oxidation sites excluding steroid dienone is 2. The number of rotatable bonds is 0. The predicted molar refractivity (Wildman–Crippen MR) is 49.6 cm³/mol. The normalized spacial score (nSPS) is 13.8. The van der Waals surface area contributed by atoms with Gasteiger partial charge in [0.15, 0.2) is 5.78 Å². The van der Waals surface area contributed by atoms with Gasteiger partial charge in [-0.1, -0.05) is 30.3 Å². The summed E-state index contributed by atoms with van der Waals surface area (Å²) in [7, 11) is 0. The molecule has 1 aromatic rings. The largest absolute Gasteiger partial charge is 0.288 e. The molecule has 0 unspecified atom stereocenters. The number of hydrogen-bond acceptors (Lipinski definition) is 2. The van der Waals surface area contributed by atoms with Gasteiger partial charge in [0.05, 0.1) is 0 Å². The highest BCUT2D eigenvalue weighted by molar-refractivity contribution is 6.35. The number of carbonyl (C=O) groups is 1. The van der Waals surface area contributed by atoms with Crippen molar-refractivity contribution in [1.29, 1.82) is 0 Å². The van der Waals surface area contributed by atoms with Crippen molar-refractivity contribution >= 4 is 23.4 Å². The maximum absolute atomic E-state index is 11.2. The Labute approximate surface area is 75.2 Å². The minimum atomic E-state index is -0.270. The van der Waals surface area contributed by atoms with Gasteiger partial charge in [0.1, 0.15) is 11.5 Å². The topological polar surface area (TPSA) is 34.1 Å². The number of ketones is 1. The van der Waals surface area contributed by atoms with E-state index in [9.17, 15) is 9.59 Å². The minimum absolute atomic E-state index is 0.123. The lowest BCUT2D eigenvalue weighted by atomic mass is 9.93. The first-order valence-electron chi connectivity index (χ1n) is 3.90. The molecule has 0 atom stereocenters. The van der Waals surface area contributed by atoms with Crippen LogP contribution in [0.5, 0.6) is 0 Å². The molecular formula is C11H6O2. The average molecular weight is 170 g/mol. The Bertz CT molecular complexity index is 449. The molecule has 0 aromatic heterocycles. The lowest BCUT2D eigenvalue weighted by Gasteiger charge is -2.08. The Morgan fingerprint density at radius 2 is 1.85 bits per heavy atom. The van der Waals surface area contributed by atoms with E-state index in [-0.39, 0.29) is 11.4 Å². The lowest BCUT2D eigenvalue weighted by Crippen LogP contribution is -2.04. The third-order valence-corrected chi connectivity index (χ3v) is 1.99. The van der Waals surface area contributed by atoms with Gasteiger partial charge in [-0.3, -0.25) is 4.79 Å². The lowest BCUT2D eigenvalue weighted by molar-refractivity contribution is -0.109. The molecule has 0 saturated carbocycles. The molecule has 0 aliphatic heterocycles. The Balaban J connectivity index is 2.74. The van der Waals surface area contributed by atoms with Crippen molar-refractivity contribution in [2.24, 2.45) is 0 Å².